The molecule has 1 aliphatic rings. The molecule has 1 aromatic rings. The number of benzene rings is 1. The monoisotopic (exact) mass is 360 g/mol. The van der Waals surface area contributed by atoms with Crippen LogP contribution in [-0.2, 0) is 9.53 Å². The summed E-state index contributed by atoms with van der Waals surface area (Å²) in [6, 6.07) is 7.15. The summed E-state index contributed by atoms with van der Waals surface area (Å²) in [4.78, 5) is 24.6. The summed E-state index contributed by atoms with van der Waals surface area (Å²) in [6.45, 7) is 4.17. The van der Waals surface area contributed by atoms with E-state index in [1.165, 1.54) is 6.42 Å². The van der Waals surface area contributed by atoms with Gasteiger partial charge in [-0.1, -0.05) is 38.7 Å². The molecule has 5 heteroatoms. The van der Waals surface area contributed by atoms with E-state index in [9.17, 15) is 9.59 Å². The summed E-state index contributed by atoms with van der Waals surface area (Å²) in [5, 5.41) is 5.87. The molecule has 0 aliphatic heterocycles. The minimum atomic E-state index is -0.118. The largest absolute Gasteiger partial charge is 0.381 e. The average molecular weight is 360 g/mol. The Hall–Kier alpha value is -1.88. The van der Waals surface area contributed by atoms with Crippen LogP contribution in [0.25, 0.3) is 0 Å². The minimum Gasteiger partial charge on any atom is -0.381 e. The first-order chi connectivity index (χ1) is 12.7. The third-order valence-electron chi connectivity index (χ3n) is 4.76. The number of carbonyl (C=O) groups is 2. The third-order valence-corrected chi connectivity index (χ3v) is 4.76. The second-order valence-electron chi connectivity index (χ2n) is 6.98. The van der Waals surface area contributed by atoms with Crippen molar-refractivity contribution in [3.8, 4) is 0 Å². The first-order valence-electron chi connectivity index (χ1n) is 9.97. The molecule has 1 fully saturated rings. The Kier molecular flexibility index (Phi) is 9.18. The topological polar surface area (TPSA) is 67.4 Å². The minimum absolute atomic E-state index is 0.0755. The van der Waals surface area contributed by atoms with Crippen LogP contribution in [0, 0.1) is 5.92 Å². The summed E-state index contributed by atoms with van der Waals surface area (Å²) >= 11 is 0. The molecule has 144 valence electrons. The zero-order valence-electron chi connectivity index (χ0n) is 15.9. The summed E-state index contributed by atoms with van der Waals surface area (Å²) in [5.41, 5.74) is 1.26. The van der Waals surface area contributed by atoms with Gasteiger partial charge in [-0.2, -0.15) is 0 Å². The van der Waals surface area contributed by atoms with E-state index < -0.39 is 0 Å². The van der Waals surface area contributed by atoms with Gasteiger partial charge in [-0.25, -0.2) is 0 Å². The van der Waals surface area contributed by atoms with Gasteiger partial charge in [0.1, 0.15) is 0 Å². The predicted octanol–water partition coefficient (Wildman–Crippen LogP) is 4.14. The number of hydrogen-bond acceptors (Lipinski definition) is 3. The van der Waals surface area contributed by atoms with Crippen LogP contribution in [0.1, 0.15) is 68.6 Å². The smallest absolute Gasteiger partial charge is 0.251 e. The zero-order chi connectivity index (χ0) is 18.6. The molecule has 1 saturated carbocycles. The van der Waals surface area contributed by atoms with Crippen molar-refractivity contribution in [3.05, 3.63) is 29.8 Å². The van der Waals surface area contributed by atoms with Gasteiger partial charge in [-0.3, -0.25) is 9.59 Å². The molecule has 0 atom stereocenters. The van der Waals surface area contributed by atoms with E-state index in [4.69, 9.17) is 4.74 Å². The Morgan fingerprint density at radius 2 is 1.88 bits per heavy atom. The van der Waals surface area contributed by atoms with Gasteiger partial charge >= 0.3 is 0 Å². The first kappa shape index (κ1) is 20.4. The maximum atomic E-state index is 12.3. The van der Waals surface area contributed by atoms with Gasteiger partial charge in [0.15, 0.2) is 0 Å². The molecule has 26 heavy (non-hydrogen) atoms. The van der Waals surface area contributed by atoms with E-state index >= 15 is 0 Å². The Bertz CT molecular complexity index is 568. The molecule has 2 amide bonds. The highest BCUT2D eigenvalue weighted by Crippen LogP contribution is 2.25. The van der Waals surface area contributed by atoms with E-state index in [-0.39, 0.29) is 17.7 Å². The normalized spacial score (nSPS) is 14.8. The van der Waals surface area contributed by atoms with Crippen molar-refractivity contribution in [1.82, 2.24) is 5.32 Å². The lowest BCUT2D eigenvalue weighted by Gasteiger charge is -2.20. The molecule has 0 spiro atoms. The highest BCUT2D eigenvalue weighted by molar-refractivity contribution is 5.97. The molecule has 0 radical (unpaired) electrons. The quantitative estimate of drug-likeness (QED) is 0.616. The Morgan fingerprint density at radius 3 is 2.65 bits per heavy atom. The van der Waals surface area contributed by atoms with Crippen molar-refractivity contribution in [2.75, 3.05) is 25.1 Å². The van der Waals surface area contributed by atoms with Crippen LogP contribution in [0.3, 0.4) is 0 Å². The summed E-state index contributed by atoms with van der Waals surface area (Å²) in [5.74, 6) is 0.0627. The van der Waals surface area contributed by atoms with E-state index in [1.54, 1.807) is 18.2 Å². The fraction of sp³-hybridized carbons (Fsp3) is 0.619. The second kappa shape index (κ2) is 11.7. The number of carbonyl (C=O) groups excluding carboxylic acids is 2. The van der Waals surface area contributed by atoms with Crippen LogP contribution < -0.4 is 10.6 Å². The standard InChI is InChI=1S/C21H32N2O3/c1-2-3-14-26-15-8-13-22-20(24)18-11-7-12-19(16-18)23-21(25)17-9-5-4-6-10-17/h7,11-12,16-17H,2-6,8-10,13-15H2,1H3,(H,22,24)(H,23,25). The van der Waals surface area contributed by atoms with Crippen molar-refractivity contribution in [2.45, 2.75) is 58.3 Å². The highest BCUT2D eigenvalue weighted by Gasteiger charge is 2.21. The van der Waals surface area contributed by atoms with E-state index in [2.05, 4.69) is 17.6 Å². The Labute approximate surface area is 156 Å². The number of rotatable bonds is 10. The lowest BCUT2D eigenvalue weighted by Crippen LogP contribution is -2.26. The van der Waals surface area contributed by atoms with Crippen LogP contribution in [0.2, 0.25) is 0 Å². The fourth-order valence-corrected chi connectivity index (χ4v) is 3.17. The van der Waals surface area contributed by atoms with Crippen LogP contribution in [-0.4, -0.2) is 31.6 Å². The predicted molar refractivity (Wildman–Crippen MR) is 104 cm³/mol. The molecule has 5 nitrogen and oxygen atoms in total. The molecule has 1 aliphatic carbocycles. The van der Waals surface area contributed by atoms with Crippen molar-refractivity contribution in [1.29, 1.82) is 0 Å². The summed E-state index contributed by atoms with van der Waals surface area (Å²) in [7, 11) is 0. The van der Waals surface area contributed by atoms with Crippen molar-refractivity contribution in [2.24, 2.45) is 5.92 Å². The van der Waals surface area contributed by atoms with E-state index in [1.807, 2.05) is 6.07 Å². The molecule has 2 rings (SSSR count). The lowest BCUT2D eigenvalue weighted by atomic mass is 9.88. The van der Waals surface area contributed by atoms with Crippen molar-refractivity contribution >= 4 is 17.5 Å². The molecular weight excluding hydrogens is 328 g/mol. The van der Waals surface area contributed by atoms with Gasteiger partial charge in [0.05, 0.1) is 0 Å². The number of hydrogen-bond donors (Lipinski definition) is 2. The molecule has 0 aromatic heterocycles. The SMILES string of the molecule is CCCCOCCCNC(=O)c1cccc(NC(=O)C2CCCCC2)c1. The highest BCUT2D eigenvalue weighted by atomic mass is 16.5. The van der Waals surface area contributed by atoms with Gasteiger partial charge < -0.3 is 15.4 Å². The van der Waals surface area contributed by atoms with E-state index in [0.717, 1.165) is 51.6 Å². The fourth-order valence-electron chi connectivity index (χ4n) is 3.17. The van der Waals surface area contributed by atoms with Gasteiger partial charge in [-0.15, -0.1) is 0 Å². The van der Waals surface area contributed by atoms with Crippen LogP contribution >= 0.6 is 0 Å². The third kappa shape index (κ3) is 7.16. The first-order valence-corrected chi connectivity index (χ1v) is 9.97. The number of ether oxygens (including phenoxy) is 1. The maximum Gasteiger partial charge on any atom is 0.251 e. The van der Waals surface area contributed by atoms with Gasteiger partial charge in [0.25, 0.3) is 5.91 Å². The Morgan fingerprint density at radius 1 is 1.12 bits per heavy atom. The molecular formula is C21H32N2O3. The molecule has 0 bridgehead atoms. The van der Waals surface area contributed by atoms with Gasteiger partial charge in [-0.05, 0) is 43.9 Å². The van der Waals surface area contributed by atoms with Crippen LogP contribution in [0.4, 0.5) is 5.69 Å². The molecule has 0 unspecified atom stereocenters. The van der Waals surface area contributed by atoms with Crippen molar-refractivity contribution < 1.29 is 14.3 Å². The second-order valence-corrected chi connectivity index (χ2v) is 6.98. The summed E-state index contributed by atoms with van der Waals surface area (Å²) in [6.07, 6.45) is 8.41. The van der Waals surface area contributed by atoms with Crippen LogP contribution in [0.5, 0.6) is 0 Å². The van der Waals surface area contributed by atoms with Crippen molar-refractivity contribution in [3.63, 3.8) is 0 Å². The van der Waals surface area contributed by atoms with Gasteiger partial charge in [0, 0.05) is 36.9 Å². The summed E-state index contributed by atoms with van der Waals surface area (Å²) < 4.78 is 5.48. The maximum absolute atomic E-state index is 12.3. The number of anilines is 1. The van der Waals surface area contributed by atoms with Gasteiger partial charge in [0.2, 0.25) is 5.91 Å². The average Bonchev–Trinajstić information content (AvgIpc) is 2.68. The van der Waals surface area contributed by atoms with E-state index in [0.29, 0.717) is 24.4 Å². The molecule has 0 saturated heterocycles. The molecule has 0 heterocycles. The zero-order valence-corrected chi connectivity index (χ0v) is 15.9. The number of nitrogens with one attached hydrogen (secondary N) is 2. The molecule has 1 aromatic carbocycles. The molecule has 2 N–H and O–H groups in total. The lowest BCUT2D eigenvalue weighted by molar-refractivity contribution is -0.120. The number of amides is 2. The number of unbranched alkanes of at least 4 members (excludes halogenated alkanes) is 1. The van der Waals surface area contributed by atoms with Crippen LogP contribution in [0.15, 0.2) is 24.3 Å². The Balaban J connectivity index is 1.74.